The molecule has 6 nitrogen and oxygen atoms in total. The second kappa shape index (κ2) is 4.59. The van der Waals surface area contributed by atoms with E-state index in [9.17, 15) is 19.8 Å². The van der Waals surface area contributed by atoms with Crippen molar-refractivity contribution < 1.29 is 15.0 Å². The molecule has 0 saturated carbocycles. The largest absolute Gasteiger partial charge is 0.392 e. The van der Waals surface area contributed by atoms with Crippen molar-refractivity contribution in [3.05, 3.63) is 45.9 Å². The van der Waals surface area contributed by atoms with Gasteiger partial charge in [-0.1, -0.05) is 12.1 Å². The molecule has 18 heavy (non-hydrogen) atoms. The predicted molar refractivity (Wildman–Crippen MR) is 64.6 cm³/mol. The van der Waals surface area contributed by atoms with E-state index in [2.05, 4.69) is 4.98 Å². The molecule has 5 N–H and O–H groups in total. The van der Waals surface area contributed by atoms with Gasteiger partial charge in [0.1, 0.15) is 0 Å². The Morgan fingerprint density at radius 3 is 2.72 bits per heavy atom. The smallest absolute Gasteiger partial charge is 0.256 e. The molecule has 0 radical (unpaired) electrons. The summed E-state index contributed by atoms with van der Waals surface area (Å²) in [6, 6.07) is 6.33. The van der Waals surface area contributed by atoms with Crippen LogP contribution in [0.4, 0.5) is 0 Å². The van der Waals surface area contributed by atoms with Crippen molar-refractivity contribution in [1.82, 2.24) is 4.98 Å². The fourth-order valence-corrected chi connectivity index (χ4v) is 1.81. The Hall–Kier alpha value is -2.18. The van der Waals surface area contributed by atoms with Gasteiger partial charge in [0, 0.05) is 5.39 Å². The van der Waals surface area contributed by atoms with Crippen molar-refractivity contribution in [2.24, 2.45) is 5.73 Å². The molecule has 1 heterocycles. The van der Waals surface area contributed by atoms with Gasteiger partial charge in [0.05, 0.1) is 12.3 Å². The van der Waals surface area contributed by atoms with Gasteiger partial charge in [0.15, 0.2) is 6.10 Å². The van der Waals surface area contributed by atoms with Crippen molar-refractivity contribution in [1.29, 1.82) is 0 Å². The average molecular weight is 248 g/mol. The highest BCUT2D eigenvalue weighted by Crippen LogP contribution is 2.19. The van der Waals surface area contributed by atoms with Gasteiger partial charge in [0.25, 0.3) is 11.5 Å². The average Bonchev–Trinajstić information content (AvgIpc) is 2.37. The van der Waals surface area contributed by atoms with E-state index in [0.717, 1.165) is 0 Å². The van der Waals surface area contributed by atoms with Crippen LogP contribution in [0.15, 0.2) is 29.1 Å². The third-order valence-corrected chi connectivity index (χ3v) is 2.73. The summed E-state index contributed by atoms with van der Waals surface area (Å²) in [6.07, 6.45) is -1.58. The number of hydrogen-bond donors (Lipinski definition) is 4. The van der Waals surface area contributed by atoms with Gasteiger partial charge in [-0.15, -0.1) is 0 Å². The number of aliphatic hydroxyl groups is 2. The number of pyridine rings is 1. The van der Waals surface area contributed by atoms with Crippen LogP contribution < -0.4 is 11.3 Å². The fraction of sp³-hybridized carbons (Fsp3) is 0.167. The molecule has 0 aliphatic rings. The lowest BCUT2D eigenvalue weighted by Gasteiger charge is -2.09. The monoisotopic (exact) mass is 248 g/mol. The number of benzene rings is 1. The Bertz CT molecular complexity index is 663. The number of aliphatic hydroxyl groups excluding tert-OH is 2. The summed E-state index contributed by atoms with van der Waals surface area (Å²) in [5.41, 5.74) is 5.08. The van der Waals surface area contributed by atoms with Gasteiger partial charge >= 0.3 is 0 Å². The summed E-state index contributed by atoms with van der Waals surface area (Å²) in [5.74, 6) is -0.952. The molecule has 0 spiro atoms. The standard InChI is InChI=1S/C12H12N2O4/c13-11(17)10(16)9-4-8-6(5-15)2-1-3-7(8)12(18)14-9/h1-4,10,15-16H,5H2,(H2,13,17)(H,14,18). The zero-order valence-electron chi connectivity index (χ0n) is 9.38. The summed E-state index contributed by atoms with van der Waals surface area (Å²) in [7, 11) is 0. The summed E-state index contributed by atoms with van der Waals surface area (Å²) < 4.78 is 0. The number of rotatable bonds is 3. The van der Waals surface area contributed by atoms with E-state index >= 15 is 0 Å². The molecule has 1 aromatic heterocycles. The number of hydrogen-bond acceptors (Lipinski definition) is 4. The third-order valence-electron chi connectivity index (χ3n) is 2.73. The molecule has 0 aliphatic carbocycles. The van der Waals surface area contributed by atoms with Gasteiger partial charge in [0.2, 0.25) is 0 Å². The molecule has 1 atom stereocenters. The third kappa shape index (κ3) is 1.99. The zero-order chi connectivity index (χ0) is 13.3. The van der Waals surface area contributed by atoms with Crippen molar-refractivity contribution in [2.75, 3.05) is 0 Å². The van der Waals surface area contributed by atoms with E-state index in [1.165, 1.54) is 6.07 Å². The molecule has 2 aromatic rings. The first-order valence-electron chi connectivity index (χ1n) is 5.27. The minimum Gasteiger partial charge on any atom is -0.392 e. The molecule has 1 amide bonds. The van der Waals surface area contributed by atoms with Gasteiger partial charge in [-0.25, -0.2) is 0 Å². The van der Waals surface area contributed by atoms with E-state index < -0.39 is 17.6 Å². The Morgan fingerprint density at radius 2 is 2.11 bits per heavy atom. The SMILES string of the molecule is NC(=O)C(O)c1cc2c(CO)cccc2c(=O)[nH]1. The van der Waals surface area contributed by atoms with Crippen LogP contribution in [0.5, 0.6) is 0 Å². The first-order valence-corrected chi connectivity index (χ1v) is 5.27. The van der Waals surface area contributed by atoms with Crippen LogP contribution in [0.3, 0.4) is 0 Å². The Balaban J connectivity index is 2.74. The van der Waals surface area contributed by atoms with E-state index in [1.807, 2.05) is 0 Å². The Labute approximate surface area is 102 Å². The van der Waals surface area contributed by atoms with Crippen LogP contribution in [-0.2, 0) is 11.4 Å². The number of primary amides is 1. The minimum absolute atomic E-state index is 0.0147. The van der Waals surface area contributed by atoms with E-state index in [4.69, 9.17) is 5.73 Å². The Morgan fingerprint density at radius 1 is 1.39 bits per heavy atom. The number of fused-ring (bicyclic) bond motifs is 1. The number of amides is 1. The molecular formula is C12H12N2O4. The lowest BCUT2D eigenvalue weighted by molar-refractivity contribution is -0.126. The highest BCUT2D eigenvalue weighted by Gasteiger charge is 2.16. The normalized spacial score (nSPS) is 12.6. The van der Waals surface area contributed by atoms with Crippen LogP contribution >= 0.6 is 0 Å². The minimum atomic E-state index is -1.58. The van der Waals surface area contributed by atoms with Crippen molar-refractivity contribution in [3.63, 3.8) is 0 Å². The highest BCUT2D eigenvalue weighted by atomic mass is 16.3. The topological polar surface area (TPSA) is 116 Å². The second-order valence-corrected chi connectivity index (χ2v) is 3.90. The highest BCUT2D eigenvalue weighted by molar-refractivity contribution is 5.87. The molecule has 0 saturated heterocycles. The van der Waals surface area contributed by atoms with Crippen molar-refractivity contribution in [3.8, 4) is 0 Å². The molecule has 6 heteroatoms. The number of nitrogens with one attached hydrogen (secondary N) is 1. The maximum absolute atomic E-state index is 11.8. The van der Waals surface area contributed by atoms with E-state index in [0.29, 0.717) is 16.3 Å². The molecular weight excluding hydrogens is 236 g/mol. The molecule has 1 unspecified atom stereocenters. The molecule has 0 aliphatic heterocycles. The van der Waals surface area contributed by atoms with Gasteiger partial charge in [-0.05, 0) is 23.1 Å². The van der Waals surface area contributed by atoms with E-state index in [-0.39, 0.29) is 12.3 Å². The number of carbonyl (C=O) groups is 1. The first-order chi connectivity index (χ1) is 8.54. The first kappa shape index (κ1) is 12.3. The molecule has 2 rings (SSSR count). The fourth-order valence-electron chi connectivity index (χ4n) is 1.81. The van der Waals surface area contributed by atoms with Crippen molar-refractivity contribution in [2.45, 2.75) is 12.7 Å². The van der Waals surface area contributed by atoms with Gasteiger partial charge in [-0.2, -0.15) is 0 Å². The van der Waals surface area contributed by atoms with Crippen LogP contribution in [0.2, 0.25) is 0 Å². The molecule has 0 fully saturated rings. The number of H-pyrrole nitrogens is 1. The number of aromatic nitrogens is 1. The maximum atomic E-state index is 11.8. The van der Waals surface area contributed by atoms with Gasteiger partial charge < -0.3 is 20.9 Å². The molecule has 94 valence electrons. The molecule has 1 aromatic carbocycles. The lowest BCUT2D eigenvalue weighted by Crippen LogP contribution is -2.24. The summed E-state index contributed by atoms with van der Waals surface area (Å²) >= 11 is 0. The van der Waals surface area contributed by atoms with Crippen LogP contribution in [0.1, 0.15) is 17.4 Å². The summed E-state index contributed by atoms with van der Waals surface area (Å²) in [5, 5.41) is 19.6. The van der Waals surface area contributed by atoms with Crippen LogP contribution in [0, 0.1) is 0 Å². The molecule has 0 bridgehead atoms. The van der Waals surface area contributed by atoms with Gasteiger partial charge in [-0.3, -0.25) is 9.59 Å². The van der Waals surface area contributed by atoms with E-state index in [1.54, 1.807) is 18.2 Å². The van der Waals surface area contributed by atoms with Crippen LogP contribution in [0.25, 0.3) is 10.8 Å². The summed E-state index contributed by atoms with van der Waals surface area (Å²) in [6.45, 7) is -0.243. The maximum Gasteiger partial charge on any atom is 0.256 e. The number of nitrogens with two attached hydrogens (primary N) is 1. The van der Waals surface area contributed by atoms with Crippen LogP contribution in [-0.4, -0.2) is 21.1 Å². The lowest BCUT2D eigenvalue weighted by atomic mass is 10.0. The number of carbonyl (C=O) groups excluding carboxylic acids is 1. The quantitative estimate of drug-likeness (QED) is 0.588. The Kier molecular flexibility index (Phi) is 3.14. The predicted octanol–water partition coefficient (Wildman–Crippen LogP) is -0.461. The number of aromatic amines is 1. The second-order valence-electron chi connectivity index (χ2n) is 3.90. The summed E-state index contributed by atoms with van der Waals surface area (Å²) in [4.78, 5) is 25.1. The zero-order valence-corrected chi connectivity index (χ0v) is 9.38. The van der Waals surface area contributed by atoms with Crippen molar-refractivity contribution >= 4 is 16.7 Å².